The van der Waals surface area contributed by atoms with Crippen LogP contribution >= 0.6 is 0 Å². The number of carbonyl (C=O) groups is 1. The van der Waals surface area contributed by atoms with Crippen LogP contribution in [0.4, 0.5) is 9.18 Å². The van der Waals surface area contributed by atoms with Crippen LogP contribution < -0.4 is 5.32 Å². The third-order valence-electron chi connectivity index (χ3n) is 4.91. The maximum Gasteiger partial charge on any atom is 0.410 e. The number of rotatable bonds is 4. The third-order valence-corrected chi connectivity index (χ3v) is 4.91. The molecule has 8 heteroatoms. The molecule has 1 aromatic rings. The Balaban J connectivity index is 1.52. The fraction of sp³-hybridized carbons (Fsp3) is 0.619. The molecule has 0 saturated carbocycles. The summed E-state index contributed by atoms with van der Waals surface area (Å²) in [6.45, 7) is 9.24. The highest BCUT2D eigenvalue weighted by molar-refractivity contribution is 5.82. The van der Waals surface area contributed by atoms with Gasteiger partial charge in [0.2, 0.25) is 0 Å². The average molecular weight is 406 g/mol. The highest BCUT2D eigenvalue weighted by atomic mass is 19.1. The molecule has 1 atom stereocenters. The minimum atomic E-state index is -0.496. The molecular weight excluding hydrogens is 373 g/mol. The van der Waals surface area contributed by atoms with Gasteiger partial charge in [-0.15, -0.1) is 0 Å². The standard InChI is InChI=1S/C21H32FN5O2/c1-21(2,3)29-20(28)26-8-9-27-17(14-26)12-24-19(27)23-11-15-6-7-16(13-25(4)5)18(22)10-15/h6-7,10,17H,8-9,11-14H2,1-5H3,(H,23,24). The summed E-state index contributed by atoms with van der Waals surface area (Å²) < 4.78 is 19.8. The van der Waals surface area contributed by atoms with Crippen molar-refractivity contribution >= 4 is 12.1 Å². The van der Waals surface area contributed by atoms with Gasteiger partial charge in [0.25, 0.3) is 0 Å². The van der Waals surface area contributed by atoms with Gasteiger partial charge in [0, 0.05) is 38.3 Å². The van der Waals surface area contributed by atoms with Crippen molar-refractivity contribution in [3.05, 3.63) is 35.1 Å². The van der Waals surface area contributed by atoms with Crippen LogP contribution in [0.1, 0.15) is 31.9 Å². The molecule has 29 heavy (non-hydrogen) atoms. The predicted molar refractivity (Wildman–Crippen MR) is 111 cm³/mol. The van der Waals surface area contributed by atoms with Gasteiger partial charge in [-0.25, -0.2) is 9.18 Å². The first-order valence-electron chi connectivity index (χ1n) is 10.1. The van der Waals surface area contributed by atoms with Crippen LogP contribution in [0.25, 0.3) is 0 Å². The maximum absolute atomic E-state index is 14.3. The van der Waals surface area contributed by atoms with E-state index >= 15 is 0 Å². The molecule has 0 radical (unpaired) electrons. The van der Waals surface area contributed by atoms with Gasteiger partial charge in [-0.2, -0.15) is 0 Å². The largest absolute Gasteiger partial charge is 0.444 e. The lowest BCUT2D eigenvalue weighted by molar-refractivity contribution is 0.0137. The molecule has 7 nitrogen and oxygen atoms in total. The smallest absolute Gasteiger partial charge is 0.410 e. The van der Waals surface area contributed by atoms with Crippen molar-refractivity contribution in [3.8, 4) is 0 Å². The first kappa shape index (κ1) is 21.4. The van der Waals surface area contributed by atoms with Gasteiger partial charge in [-0.1, -0.05) is 12.1 Å². The van der Waals surface area contributed by atoms with Crippen molar-refractivity contribution < 1.29 is 13.9 Å². The normalized spacial score (nSPS) is 19.3. The van der Waals surface area contributed by atoms with Gasteiger partial charge in [0.1, 0.15) is 11.4 Å². The zero-order valence-electron chi connectivity index (χ0n) is 18.0. The maximum atomic E-state index is 14.3. The number of ether oxygens (including phenoxy) is 1. The molecular formula is C21H32FN5O2. The molecule has 1 unspecified atom stereocenters. The predicted octanol–water partition coefficient (Wildman–Crippen LogP) is 2.27. The minimum absolute atomic E-state index is 0.151. The van der Waals surface area contributed by atoms with Crippen molar-refractivity contribution in [3.63, 3.8) is 0 Å². The molecule has 160 valence electrons. The lowest BCUT2D eigenvalue weighted by Gasteiger charge is -2.39. The number of carbonyl (C=O) groups excluding carboxylic acids is 1. The van der Waals surface area contributed by atoms with Gasteiger partial charge in [-0.05, 0) is 46.5 Å². The first-order chi connectivity index (χ1) is 13.6. The summed E-state index contributed by atoms with van der Waals surface area (Å²) in [5.41, 5.74) is 1.07. The molecule has 0 aliphatic carbocycles. The van der Waals surface area contributed by atoms with E-state index in [-0.39, 0.29) is 18.0 Å². The molecule has 1 saturated heterocycles. The first-order valence-corrected chi connectivity index (χ1v) is 10.1. The van der Waals surface area contributed by atoms with Crippen LogP contribution in [0.15, 0.2) is 23.2 Å². The minimum Gasteiger partial charge on any atom is -0.444 e. The van der Waals surface area contributed by atoms with Gasteiger partial charge < -0.3 is 24.8 Å². The fourth-order valence-corrected chi connectivity index (χ4v) is 3.57. The van der Waals surface area contributed by atoms with Crippen molar-refractivity contribution in [2.45, 2.75) is 45.5 Å². The zero-order valence-corrected chi connectivity index (χ0v) is 18.0. The van der Waals surface area contributed by atoms with Gasteiger partial charge in [0.15, 0.2) is 5.96 Å². The van der Waals surface area contributed by atoms with Crippen molar-refractivity contribution in [1.82, 2.24) is 20.0 Å². The third kappa shape index (κ3) is 5.59. The van der Waals surface area contributed by atoms with E-state index in [0.717, 1.165) is 11.5 Å². The molecule has 1 N–H and O–H groups in total. The van der Waals surface area contributed by atoms with E-state index in [2.05, 4.69) is 15.2 Å². The quantitative estimate of drug-likeness (QED) is 0.833. The Bertz CT molecular complexity index is 775. The Morgan fingerprint density at radius 1 is 1.34 bits per heavy atom. The van der Waals surface area contributed by atoms with E-state index in [1.54, 1.807) is 11.0 Å². The number of guanidine groups is 1. The highest BCUT2D eigenvalue weighted by Gasteiger charge is 2.36. The van der Waals surface area contributed by atoms with Gasteiger partial charge in [0.05, 0.1) is 12.6 Å². The Labute approximate surface area is 172 Å². The number of halogens is 1. The van der Waals surface area contributed by atoms with Crippen LogP contribution in [0, 0.1) is 5.82 Å². The molecule has 1 fully saturated rings. The monoisotopic (exact) mass is 405 g/mol. The number of piperazine rings is 1. The van der Waals surface area contributed by atoms with Crippen LogP contribution in [0.3, 0.4) is 0 Å². The number of nitrogens with zero attached hydrogens (tertiary/aromatic N) is 4. The second-order valence-corrected chi connectivity index (χ2v) is 8.95. The number of fused-ring (bicyclic) bond motifs is 1. The van der Waals surface area contributed by atoms with Crippen LogP contribution in [0.5, 0.6) is 0 Å². The second-order valence-electron chi connectivity index (χ2n) is 8.95. The van der Waals surface area contributed by atoms with E-state index < -0.39 is 5.60 Å². The van der Waals surface area contributed by atoms with Crippen LogP contribution in [0.2, 0.25) is 0 Å². The summed E-state index contributed by atoms with van der Waals surface area (Å²) in [6, 6.07) is 5.52. The molecule has 2 aliphatic rings. The Morgan fingerprint density at radius 3 is 2.76 bits per heavy atom. The summed E-state index contributed by atoms with van der Waals surface area (Å²) in [5.74, 6) is 0.631. The number of aliphatic imine (C=N–C) groups is 1. The number of amides is 1. The lowest BCUT2D eigenvalue weighted by Crippen LogP contribution is -2.57. The molecule has 1 amide bonds. The molecule has 2 aliphatic heterocycles. The van der Waals surface area contributed by atoms with Crippen molar-refractivity contribution in [2.75, 3.05) is 40.3 Å². The SMILES string of the molecule is CN(C)Cc1ccc(CNC2=NCC3CN(C(=O)OC(C)(C)C)CCN23)cc1F. The Kier molecular flexibility index (Phi) is 6.31. The summed E-state index contributed by atoms with van der Waals surface area (Å²) in [4.78, 5) is 22.8. The summed E-state index contributed by atoms with van der Waals surface area (Å²) >= 11 is 0. The molecule has 0 aromatic heterocycles. The Morgan fingerprint density at radius 2 is 2.10 bits per heavy atom. The van der Waals surface area contributed by atoms with E-state index in [4.69, 9.17) is 4.74 Å². The fourth-order valence-electron chi connectivity index (χ4n) is 3.57. The van der Waals surface area contributed by atoms with E-state index in [0.29, 0.717) is 44.8 Å². The van der Waals surface area contributed by atoms with Crippen LogP contribution in [-0.2, 0) is 17.8 Å². The zero-order chi connectivity index (χ0) is 21.2. The number of nitrogens with one attached hydrogen (secondary N) is 1. The molecule has 0 bridgehead atoms. The van der Waals surface area contributed by atoms with Crippen molar-refractivity contribution in [2.24, 2.45) is 4.99 Å². The lowest BCUT2D eigenvalue weighted by atomic mass is 10.1. The van der Waals surface area contributed by atoms with Gasteiger partial charge >= 0.3 is 6.09 Å². The van der Waals surface area contributed by atoms with Crippen LogP contribution in [-0.4, -0.2) is 78.7 Å². The highest BCUT2D eigenvalue weighted by Crippen LogP contribution is 2.19. The summed E-state index contributed by atoms with van der Waals surface area (Å²) in [7, 11) is 3.85. The van der Waals surface area contributed by atoms with E-state index in [9.17, 15) is 9.18 Å². The molecule has 1 aromatic carbocycles. The number of hydrogen-bond donors (Lipinski definition) is 1. The molecule has 0 spiro atoms. The topological polar surface area (TPSA) is 60.4 Å². The van der Waals surface area contributed by atoms with E-state index in [1.807, 2.05) is 51.9 Å². The average Bonchev–Trinajstić information content (AvgIpc) is 3.02. The molecule has 3 rings (SSSR count). The molecule has 2 heterocycles. The van der Waals surface area contributed by atoms with Gasteiger partial charge in [-0.3, -0.25) is 4.99 Å². The summed E-state index contributed by atoms with van der Waals surface area (Å²) in [6.07, 6.45) is -0.271. The van der Waals surface area contributed by atoms with E-state index in [1.165, 1.54) is 0 Å². The number of benzene rings is 1. The summed E-state index contributed by atoms with van der Waals surface area (Å²) in [5, 5.41) is 3.33. The second kappa shape index (κ2) is 8.57. The Hall–Kier alpha value is -2.35. The van der Waals surface area contributed by atoms with Crippen molar-refractivity contribution in [1.29, 1.82) is 0 Å². The number of hydrogen-bond acceptors (Lipinski definition) is 6.